The predicted octanol–water partition coefficient (Wildman–Crippen LogP) is 4.76. The average molecular weight is 331 g/mol. The number of hydrogen-bond donors (Lipinski definition) is 0. The molecule has 0 aromatic heterocycles. The van der Waals surface area contributed by atoms with E-state index in [1.807, 2.05) is 48.5 Å². The molecule has 1 radical (unpaired) electrons. The molecule has 1 nitrogen and oxygen atoms in total. The van der Waals surface area contributed by atoms with Crippen LogP contribution in [0.25, 0.3) is 0 Å². The van der Waals surface area contributed by atoms with Crippen LogP contribution in [0.4, 0.5) is 0 Å². The maximum atomic E-state index is 11.8. The van der Waals surface area contributed by atoms with Gasteiger partial charge in [0.25, 0.3) is 0 Å². The zero-order chi connectivity index (χ0) is 14.9. The van der Waals surface area contributed by atoms with E-state index in [9.17, 15) is 4.79 Å². The summed E-state index contributed by atoms with van der Waals surface area (Å²) < 4.78 is 0. The molecule has 2 heteroatoms. The Kier molecular flexibility index (Phi) is 10.8. The molecule has 0 heterocycles. The van der Waals surface area contributed by atoms with Gasteiger partial charge in [-0.25, -0.2) is 0 Å². The molecule has 0 aliphatic heterocycles. The van der Waals surface area contributed by atoms with Crippen LogP contribution < -0.4 is 0 Å². The van der Waals surface area contributed by atoms with Gasteiger partial charge in [-0.15, -0.1) is 71.8 Å². The second-order valence-corrected chi connectivity index (χ2v) is 4.46. The third-order valence-corrected chi connectivity index (χ3v) is 2.79. The van der Waals surface area contributed by atoms with E-state index < -0.39 is 0 Å². The summed E-state index contributed by atoms with van der Waals surface area (Å²) in [6, 6.07) is 30.9. The van der Waals surface area contributed by atoms with Crippen molar-refractivity contribution in [3.8, 4) is 0 Å². The number of carbonyl (C=O) groups excluding carboxylic acids is 1. The predicted molar refractivity (Wildman–Crippen MR) is 90.4 cm³/mol. The number of rotatable bonds is 2. The van der Waals surface area contributed by atoms with E-state index in [1.165, 1.54) is 5.56 Å². The Morgan fingerprint density at radius 2 is 1.26 bits per heavy atom. The average Bonchev–Trinajstić information content (AvgIpc) is 2.57. The van der Waals surface area contributed by atoms with Crippen molar-refractivity contribution in [2.45, 2.75) is 6.92 Å². The summed E-state index contributed by atoms with van der Waals surface area (Å²) in [5, 5.41) is 0. The van der Waals surface area contributed by atoms with Gasteiger partial charge in [0.1, 0.15) is 0 Å². The summed E-state index contributed by atoms with van der Waals surface area (Å²) in [4.78, 5) is 11.8. The van der Waals surface area contributed by atoms with Gasteiger partial charge in [0.2, 0.25) is 0 Å². The summed E-state index contributed by atoms with van der Waals surface area (Å²) in [6.07, 6.45) is 0. The zero-order valence-electron chi connectivity index (χ0n) is 13.4. The monoisotopic (exact) mass is 331 g/mol. The van der Waals surface area contributed by atoms with Gasteiger partial charge in [-0.2, -0.15) is 35.9 Å². The Hall–Kier alpha value is -1.80. The van der Waals surface area contributed by atoms with Gasteiger partial charge in [-0.1, -0.05) is 6.92 Å². The third-order valence-electron chi connectivity index (χ3n) is 2.79. The molecule has 0 N–H and O–H groups in total. The van der Waals surface area contributed by atoms with Gasteiger partial charge in [-0.05, 0) is 0 Å². The van der Waals surface area contributed by atoms with Gasteiger partial charge < -0.3 is 12.2 Å². The van der Waals surface area contributed by atoms with Crippen molar-refractivity contribution in [1.29, 1.82) is 0 Å². The minimum Gasteiger partial charge on any atom is -0.358 e. The van der Waals surface area contributed by atoms with Gasteiger partial charge in [0, 0.05) is 25.8 Å². The summed E-state index contributed by atoms with van der Waals surface area (Å²) in [7, 11) is 0. The van der Waals surface area contributed by atoms with E-state index in [4.69, 9.17) is 0 Å². The van der Waals surface area contributed by atoms with E-state index >= 15 is 0 Å². The minimum absolute atomic E-state index is 0. The van der Waals surface area contributed by atoms with Gasteiger partial charge in [0.15, 0.2) is 0 Å². The summed E-state index contributed by atoms with van der Waals surface area (Å²) in [6.45, 7) is 2.06. The Morgan fingerprint density at radius 3 is 1.57 bits per heavy atom. The molecule has 0 spiro atoms. The molecular weight excluding hydrogens is 313 g/mol. The quantitative estimate of drug-likeness (QED) is 0.489. The van der Waals surface area contributed by atoms with Crippen molar-refractivity contribution in [2.75, 3.05) is 0 Å². The van der Waals surface area contributed by atoms with E-state index in [1.54, 1.807) is 24.3 Å². The van der Waals surface area contributed by atoms with Crippen LogP contribution in [0.15, 0.2) is 72.8 Å². The molecule has 3 rings (SSSR count). The molecular formula is C21H18OSc-4. The van der Waals surface area contributed by atoms with Crippen LogP contribution in [0.1, 0.15) is 21.5 Å². The van der Waals surface area contributed by atoms with Crippen LogP contribution >= 0.6 is 0 Å². The molecule has 0 aliphatic rings. The van der Waals surface area contributed by atoms with Crippen LogP contribution in [0.2, 0.25) is 0 Å². The first kappa shape index (κ1) is 21.2. The van der Waals surface area contributed by atoms with E-state index in [0.717, 1.165) is 0 Å². The fourth-order valence-corrected chi connectivity index (χ4v) is 1.68. The standard InChI is InChI=1S/C13H8O.C7H7.CH3.Sc/c14-13(11-7-3-1-4-8-11)12-9-5-2-6-10-12;1-7-5-3-2-4-6-7;;/h1-7,9H;3-6H,1H3;1H3;/q-2;2*-1;. The van der Waals surface area contributed by atoms with Crippen molar-refractivity contribution in [2.24, 2.45) is 0 Å². The van der Waals surface area contributed by atoms with Crippen molar-refractivity contribution < 1.29 is 30.6 Å². The molecule has 0 amide bonds. The largest absolute Gasteiger partial charge is 0.358 e. The Morgan fingerprint density at radius 1 is 0.783 bits per heavy atom. The first-order chi connectivity index (χ1) is 10.3. The second kappa shape index (κ2) is 11.7. The Bertz CT molecular complexity index is 622. The third kappa shape index (κ3) is 7.34. The van der Waals surface area contributed by atoms with Crippen LogP contribution in [0.3, 0.4) is 0 Å². The van der Waals surface area contributed by atoms with E-state index in [-0.39, 0.29) is 39.1 Å². The molecule has 0 fully saturated rings. The Balaban J connectivity index is 0.000000463. The number of carbonyl (C=O) groups is 1. The topological polar surface area (TPSA) is 17.1 Å². The van der Waals surface area contributed by atoms with Crippen LogP contribution in [-0.4, -0.2) is 5.78 Å². The molecule has 0 aliphatic carbocycles. The number of benzene rings is 3. The summed E-state index contributed by atoms with van der Waals surface area (Å²) in [5.41, 5.74) is 2.45. The van der Waals surface area contributed by atoms with E-state index in [0.29, 0.717) is 11.1 Å². The smallest absolute Gasteiger partial charge is 0.0894 e. The fourth-order valence-electron chi connectivity index (χ4n) is 1.68. The molecule has 0 saturated carbocycles. The summed E-state index contributed by atoms with van der Waals surface area (Å²) >= 11 is 0. The molecule has 0 unspecified atom stereocenters. The molecule has 0 bridgehead atoms. The van der Waals surface area contributed by atoms with Gasteiger partial charge in [0.05, 0.1) is 5.78 Å². The molecule has 23 heavy (non-hydrogen) atoms. The van der Waals surface area contributed by atoms with Crippen molar-refractivity contribution >= 4 is 5.78 Å². The van der Waals surface area contributed by atoms with Gasteiger partial charge >= 0.3 is 0 Å². The molecule has 115 valence electrons. The van der Waals surface area contributed by atoms with Crippen molar-refractivity contribution in [3.63, 3.8) is 0 Å². The van der Waals surface area contributed by atoms with Crippen LogP contribution in [-0.2, 0) is 25.8 Å². The normalized spacial score (nSPS) is 8.57. The van der Waals surface area contributed by atoms with Crippen molar-refractivity contribution in [3.05, 3.63) is 115 Å². The second-order valence-electron chi connectivity index (χ2n) is 4.46. The maximum absolute atomic E-state index is 11.8. The van der Waals surface area contributed by atoms with Gasteiger partial charge in [-0.3, -0.25) is 0 Å². The van der Waals surface area contributed by atoms with Crippen molar-refractivity contribution in [1.82, 2.24) is 0 Å². The fraction of sp³-hybridized carbons (Fsp3) is 0.0476. The molecule has 0 saturated heterocycles. The first-order valence-electron chi connectivity index (χ1n) is 6.68. The first-order valence-corrected chi connectivity index (χ1v) is 6.68. The van der Waals surface area contributed by atoms with E-state index in [2.05, 4.69) is 25.1 Å². The molecule has 0 atom stereocenters. The molecule has 3 aromatic carbocycles. The summed E-state index contributed by atoms with van der Waals surface area (Å²) in [5.74, 6) is -0.0359. The number of aryl methyl sites for hydroxylation is 1. The van der Waals surface area contributed by atoms with Crippen LogP contribution in [0, 0.1) is 32.5 Å². The molecule has 3 aromatic rings. The maximum Gasteiger partial charge on any atom is 0.0894 e. The zero-order valence-corrected chi connectivity index (χ0v) is 15.2. The SMILES string of the molecule is Cc1cc[c-]cc1.O=C(c1[c-]cccc1)c1[c-]cccc1.[CH3-].[Sc]. The minimum atomic E-state index is -0.0359. The van der Waals surface area contributed by atoms with Crippen LogP contribution in [0.5, 0.6) is 0 Å². The number of hydrogen-bond acceptors (Lipinski definition) is 1. The Labute approximate surface area is 158 Å². The number of ketones is 1.